The van der Waals surface area contributed by atoms with E-state index in [1.165, 1.54) is 11.3 Å². The molecule has 9 heteroatoms. The van der Waals surface area contributed by atoms with Crippen LogP contribution in [0.2, 0.25) is 0 Å². The summed E-state index contributed by atoms with van der Waals surface area (Å²) in [5.74, 6) is 1.37. The summed E-state index contributed by atoms with van der Waals surface area (Å²) in [6, 6.07) is 14.8. The van der Waals surface area contributed by atoms with Crippen molar-refractivity contribution in [2.24, 2.45) is 0 Å². The second-order valence-corrected chi connectivity index (χ2v) is 7.11. The van der Waals surface area contributed by atoms with Crippen LogP contribution in [-0.2, 0) is 25.9 Å². The van der Waals surface area contributed by atoms with E-state index in [-0.39, 0.29) is 25.3 Å². The quantitative estimate of drug-likeness (QED) is 0.207. The maximum atomic E-state index is 12.5. The third kappa shape index (κ3) is 8.41. The molecule has 0 amide bonds. The third-order valence-corrected chi connectivity index (χ3v) is 5.24. The number of hydrogen-bond acceptors (Lipinski definition) is 8. The number of thiazole rings is 1. The molecule has 0 aliphatic rings. The van der Waals surface area contributed by atoms with E-state index in [0.717, 1.165) is 22.0 Å². The van der Waals surface area contributed by atoms with Gasteiger partial charge in [0.1, 0.15) is 5.01 Å². The first-order chi connectivity index (χ1) is 16.2. The summed E-state index contributed by atoms with van der Waals surface area (Å²) in [5, 5.41) is 24.5. The van der Waals surface area contributed by atoms with Crippen molar-refractivity contribution in [1.82, 2.24) is 4.98 Å². The Balaban J connectivity index is 0.00000207. The summed E-state index contributed by atoms with van der Waals surface area (Å²) in [5.41, 5.74) is 2.70. The summed E-state index contributed by atoms with van der Waals surface area (Å²) in [4.78, 5) is 17.2. The molecular formula is C25H22N4O3SZn. The number of nitrogens with zero attached hydrogens (tertiary/aromatic N) is 4. The molecule has 0 radical (unpaired) electrons. The van der Waals surface area contributed by atoms with Crippen LogP contribution < -0.4 is 9.47 Å². The Kier molecular flexibility index (Phi) is 15.2. The Morgan fingerprint density at radius 1 is 1.03 bits per heavy atom. The minimum absolute atomic E-state index is 0. The van der Waals surface area contributed by atoms with Gasteiger partial charge in [0.2, 0.25) is 0 Å². The van der Waals surface area contributed by atoms with Crippen LogP contribution in [0.3, 0.4) is 0 Å². The van der Waals surface area contributed by atoms with E-state index in [1.54, 1.807) is 24.3 Å². The predicted molar refractivity (Wildman–Crippen MR) is 124 cm³/mol. The fourth-order valence-corrected chi connectivity index (χ4v) is 3.79. The molecule has 0 spiro atoms. The molecule has 34 heavy (non-hydrogen) atoms. The van der Waals surface area contributed by atoms with E-state index in [9.17, 15) is 4.79 Å². The van der Waals surface area contributed by atoms with Crippen molar-refractivity contribution in [3.8, 4) is 28.1 Å². The van der Waals surface area contributed by atoms with Crippen molar-refractivity contribution in [3.63, 3.8) is 0 Å². The first kappa shape index (κ1) is 30.4. The Hall–Kier alpha value is -3.57. The molecule has 0 unspecified atom stereocenters. The molecule has 0 atom stereocenters. The van der Waals surface area contributed by atoms with Gasteiger partial charge in [0, 0.05) is 22.9 Å². The number of aromatic nitrogens is 1. The topological polar surface area (TPSA) is 120 Å². The minimum Gasteiger partial charge on any atom is -0.512 e. The number of carbonyl (C=O) groups excluding carboxylic acids is 1. The largest absolute Gasteiger partial charge is 2.00 e. The first-order valence-corrected chi connectivity index (χ1v) is 10.9. The Labute approximate surface area is 217 Å². The van der Waals surface area contributed by atoms with Crippen molar-refractivity contribution in [1.29, 1.82) is 15.8 Å². The number of Topliss-reactive ketones (excluding diaryl/α,β-unsaturated/α-hetero) is 1. The van der Waals surface area contributed by atoms with Crippen LogP contribution in [0.5, 0.6) is 11.5 Å². The van der Waals surface area contributed by atoms with Crippen LogP contribution in [0.4, 0.5) is 0 Å². The summed E-state index contributed by atoms with van der Waals surface area (Å²) in [6.45, 7) is 14.5. The second-order valence-electron chi connectivity index (χ2n) is 6.25. The zero-order valence-electron chi connectivity index (χ0n) is 19.1. The molecule has 0 aliphatic carbocycles. The third-order valence-electron chi connectivity index (χ3n) is 4.30. The number of rotatable bonds is 9. The van der Waals surface area contributed by atoms with Gasteiger partial charge >= 0.3 is 19.5 Å². The minimum atomic E-state index is -0.0450. The SMILES string of the molecule is CCOc1ccc(-c2nc(CCC(=O)c3ccccc3C#N)cs2)cc1OCC.[C-]#N.[C-]#N.[Zn+2]. The fourth-order valence-electron chi connectivity index (χ4n) is 2.94. The number of nitriles is 1. The average Bonchev–Trinajstić information content (AvgIpc) is 3.35. The van der Waals surface area contributed by atoms with Gasteiger partial charge in [0.05, 0.1) is 30.5 Å². The summed E-state index contributed by atoms with van der Waals surface area (Å²) in [7, 11) is 0. The molecule has 0 saturated heterocycles. The van der Waals surface area contributed by atoms with Gasteiger partial charge < -0.3 is 33.1 Å². The Morgan fingerprint density at radius 3 is 2.32 bits per heavy atom. The standard InChI is InChI=1S/C23H22N2O3S.2CN.Zn/c1-3-27-21-12-9-16(13-22(21)28-4-2)23-25-18(15-29-23)10-11-20(26)19-8-6-5-7-17(19)14-24;2*1-2;/h5-9,12-13,15H,3-4,10-11H2,1-2H3;;;/q;2*-1;+2. The molecule has 0 fully saturated rings. The molecule has 1 aromatic heterocycles. The van der Waals surface area contributed by atoms with Crippen molar-refractivity contribution in [3.05, 3.63) is 77.8 Å². The number of ketones is 1. The number of hydrogen-bond donors (Lipinski definition) is 0. The molecule has 0 N–H and O–H groups in total. The smallest absolute Gasteiger partial charge is 0.512 e. The van der Waals surface area contributed by atoms with E-state index in [1.807, 2.05) is 37.4 Å². The van der Waals surface area contributed by atoms with Gasteiger partial charge in [0.25, 0.3) is 0 Å². The Bertz CT molecular complexity index is 1130. The zero-order valence-corrected chi connectivity index (χ0v) is 22.9. The van der Waals surface area contributed by atoms with Gasteiger partial charge in [-0.2, -0.15) is 5.26 Å². The molecule has 2 aromatic carbocycles. The number of aryl methyl sites for hydroxylation is 1. The van der Waals surface area contributed by atoms with E-state index < -0.39 is 0 Å². The van der Waals surface area contributed by atoms with Crippen LogP contribution in [-0.4, -0.2) is 24.0 Å². The molecule has 0 aliphatic heterocycles. The van der Waals surface area contributed by atoms with Gasteiger partial charge in [-0.3, -0.25) is 4.79 Å². The van der Waals surface area contributed by atoms with Crippen LogP contribution in [0.1, 0.15) is 41.9 Å². The van der Waals surface area contributed by atoms with Crippen molar-refractivity contribution >= 4 is 17.1 Å². The average molecular weight is 524 g/mol. The van der Waals surface area contributed by atoms with Gasteiger partial charge in [-0.25, -0.2) is 4.98 Å². The van der Waals surface area contributed by atoms with Crippen LogP contribution in [0.15, 0.2) is 47.8 Å². The van der Waals surface area contributed by atoms with E-state index in [0.29, 0.717) is 42.9 Å². The van der Waals surface area contributed by atoms with Crippen LogP contribution in [0.25, 0.3) is 10.6 Å². The number of ether oxygens (including phenoxy) is 2. The van der Waals surface area contributed by atoms with Crippen molar-refractivity contribution < 1.29 is 33.7 Å². The zero-order chi connectivity index (χ0) is 24.6. The molecule has 1 heterocycles. The summed E-state index contributed by atoms with van der Waals surface area (Å²) >= 11 is 1.53. The monoisotopic (exact) mass is 522 g/mol. The van der Waals surface area contributed by atoms with Crippen LogP contribution in [0, 0.1) is 35.0 Å². The van der Waals surface area contributed by atoms with Gasteiger partial charge in [-0.05, 0) is 44.5 Å². The van der Waals surface area contributed by atoms with Gasteiger partial charge in [0.15, 0.2) is 17.3 Å². The number of benzene rings is 2. The Morgan fingerprint density at radius 2 is 1.68 bits per heavy atom. The molecule has 3 rings (SSSR count). The predicted octanol–water partition coefficient (Wildman–Crippen LogP) is 5.48. The second kappa shape index (κ2) is 17.0. The van der Waals surface area contributed by atoms with Crippen molar-refractivity contribution in [2.45, 2.75) is 26.7 Å². The summed E-state index contributed by atoms with van der Waals surface area (Å²) < 4.78 is 11.3. The van der Waals surface area contributed by atoms with E-state index >= 15 is 0 Å². The first-order valence-electron chi connectivity index (χ1n) is 9.97. The van der Waals surface area contributed by atoms with Crippen LogP contribution >= 0.6 is 11.3 Å². The van der Waals surface area contributed by atoms with E-state index in [2.05, 4.69) is 11.1 Å². The molecule has 0 bridgehead atoms. The molecule has 0 saturated carbocycles. The maximum Gasteiger partial charge on any atom is 2.00 e. The maximum absolute atomic E-state index is 12.5. The molecule has 7 nitrogen and oxygen atoms in total. The number of carbonyl (C=O) groups is 1. The van der Waals surface area contributed by atoms with Gasteiger partial charge in [-0.15, -0.1) is 11.3 Å². The normalized spacial score (nSPS) is 8.97. The molecular weight excluding hydrogens is 502 g/mol. The fraction of sp³-hybridized carbons (Fsp3) is 0.240. The summed E-state index contributed by atoms with van der Waals surface area (Å²) in [6.07, 6.45) is 0.847. The molecule has 3 aromatic rings. The van der Waals surface area contributed by atoms with Crippen molar-refractivity contribution in [2.75, 3.05) is 13.2 Å². The van der Waals surface area contributed by atoms with E-state index in [4.69, 9.17) is 38.4 Å². The molecule has 168 valence electrons. The van der Waals surface area contributed by atoms with Gasteiger partial charge in [-0.1, -0.05) is 18.2 Å².